The minimum absolute atomic E-state index is 0.166. The molecule has 1 unspecified atom stereocenters. The Morgan fingerprint density at radius 2 is 1.72 bits per heavy atom. The van der Waals surface area contributed by atoms with Crippen LogP contribution < -0.4 is 10.8 Å². The summed E-state index contributed by atoms with van der Waals surface area (Å²) in [5.41, 5.74) is 3.54. The predicted octanol–water partition coefficient (Wildman–Crippen LogP) is 3.35. The molecule has 0 bridgehead atoms. The lowest BCUT2D eigenvalue weighted by atomic mass is 10.0. The number of benzene rings is 2. The third-order valence-corrected chi connectivity index (χ3v) is 5.75. The van der Waals surface area contributed by atoms with Crippen molar-refractivity contribution in [2.45, 2.75) is 51.6 Å². The van der Waals surface area contributed by atoms with Gasteiger partial charge >= 0.3 is 5.97 Å². The van der Waals surface area contributed by atoms with Crippen molar-refractivity contribution in [1.29, 1.82) is 0 Å². The molecule has 0 aliphatic rings. The van der Waals surface area contributed by atoms with Crippen molar-refractivity contribution >= 4 is 17.8 Å². The summed E-state index contributed by atoms with van der Waals surface area (Å²) in [6, 6.07) is 11.5. The standard InChI is InChI=1S/C26H29FN4O5/c1-2-3-4-23-28-15-22(31(23)16-18-5-9-19(10-6-18)26(34)35)25(33)29-21(14-24(32)30-36)13-17-7-11-20(27)12-8-17/h5-12,15,21,36H,2-4,13-14,16H2,1H3,(H,29,33)(H,30,32)(H,34,35). The number of nitrogens with one attached hydrogen (secondary N) is 2. The average Bonchev–Trinajstić information content (AvgIpc) is 3.26. The minimum Gasteiger partial charge on any atom is -0.478 e. The second-order valence-electron chi connectivity index (χ2n) is 8.49. The van der Waals surface area contributed by atoms with Gasteiger partial charge in [-0.25, -0.2) is 19.6 Å². The molecule has 1 atom stereocenters. The molecule has 2 aromatic carbocycles. The van der Waals surface area contributed by atoms with Crippen LogP contribution >= 0.6 is 0 Å². The fraction of sp³-hybridized carbons (Fsp3) is 0.308. The van der Waals surface area contributed by atoms with Crippen LogP contribution in [0.15, 0.2) is 54.7 Å². The molecule has 0 fully saturated rings. The van der Waals surface area contributed by atoms with Gasteiger partial charge in [0.2, 0.25) is 5.91 Å². The van der Waals surface area contributed by atoms with E-state index in [4.69, 9.17) is 10.3 Å². The lowest BCUT2D eigenvalue weighted by Crippen LogP contribution is -2.41. The molecule has 3 aromatic rings. The van der Waals surface area contributed by atoms with E-state index in [9.17, 15) is 18.8 Å². The zero-order valence-electron chi connectivity index (χ0n) is 19.9. The van der Waals surface area contributed by atoms with E-state index < -0.39 is 29.6 Å². The van der Waals surface area contributed by atoms with Gasteiger partial charge in [0.1, 0.15) is 17.3 Å². The number of nitrogens with zero attached hydrogens (tertiary/aromatic N) is 2. The number of carboxylic acids is 1. The van der Waals surface area contributed by atoms with Crippen LogP contribution in [0.2, 0.25) is 0 Å². The third kappa shape index (κ3) is 7.22. The van der Waals surface area contributed by atoms with Gasteiger partial charge in [0, 0.05) is 25.4 Å². The van der Waals surface area contributed by atoms with Gasteiger partial charge in [-0.15, -0.1) is 0 Å². The van der Waals surface area contributed by atoms with Crippen molar-refractivity contribution in [2.75, 3.05) is 0 Å². The molecule has 10 heteroatoms. The first kappa shape index (κ1) is 26.6. The number of hydrogen-bond acceptors (Lipinski definition) is 5. The van der Waals surface area contributed by atoms with Crippen molar-refractivity contribution in [3.05, 3.63) is 88.8 Å². The lowest BCUT2D eigenvalue weighted by Gasteiger charge is -2.19. The summed E-state index contributed by atoms with van der Waals surface area (Å²) in [5, 5.41) is 21.0. The number of rotatable bonds is 12. The van der Waals surface area contributed by atoms with Crippen LogP contribution in [0, 0.1) is 5.82 Å². The Morgan fingerprint density at radius 3 is 2.33 bits per heavy atom. The number of aromatic nitrogens is 2. The Kier molecular flexibility index (Phi) is 9.29. The number of carbonyl (C=O) groups is 3. The molecule has 0 saturated heterocycles. The molecule has 190 valence electrons. The van der Waals surface area contributed by atoms with Gasteiger partial charge in [-0.1, -0.05) is 37.6 Å². The van der Waals surface area contributed by atoms with Gasteiger partial charge in [0.05, 0.1) is 11.8 Å². The predicted molar refractivity (Wildman–Crippen MR) is 129 cm³/mol. The molecule has 2 amide bonds. The van der Waals surface area contributed by atoms with Gasteiger partial charge in [-0.3, -0.25) is 14.8 Å². The second kappa shape index (κ2) is 12.6. The van der Waals surface area contributed by atoms with Gasteiger partial charge < -0.3 is 15.0 Å². The number of halogens is 1. The number of aromatic carboxylic acids is 1. The quantitative estimate of drug-likeness (QED) is 0.225. The molecule has 0 radical (unpaired) electrons. The fourth-order valence-corrected chi connectivity index (χ4v) is 3.85. The second-order valence-corrected chi connectivity index (χ2v) is 8.49. The highest BCUT2D eigenvalue weighted by molar-refractivity contribution is 5.93. The molecule has 0 aliphatic heterocycles. The lowest BCUT2D eigenvalue weighted by molar-refractivity contribution is -0.129. The van der Waals surface area contributed by atoms with Gasteiger partial charge in [0.25, 0.3) is 5.91 Å². The van der Waals surface area contributed by atoms with Crippen LogP contribution in [0.25, 0.3) is 0 Å². The van der Waals surface area contributed by atoms with E-state index >= 15 is 0 Å². The first-order chi connectivity index (χ1) is 17.3. The topological polar surface area (TPSA) is 134 Å². The van der Waals surface area contributed by atoms with Crippen LogP contribution in [0.3, 0.4) is 0 Å². The molecule has 0 aliphatic carbocycles. The summed E-state index contributed by atoms with van der Waals surface area (Å²) in [7, 11) is 0. The fourth-order valence-electron chi connectivity index (χ4n) is 3.85. The van der Waals surface area contributed by atoms with E-state index in [2.05, 4.69) is 17.2 Å². The Hall–Kier alpha value is -4.05. The zero-order valence-corrected chi connectivity index (χ0v) is 19.9. The summed E-state index contributed by atoms with van der Waals surface area (Å²) in [6.45, 7) is 2.36. The van der Waals surface area contributed by atoms with Gasteiger partial charge in [-0.05, 0) is 48.2 Å². The summed E-state index contributed by atoms with van der Waals surface area (Å²) < 4.78 is 15.1. The zero-order chi connectivity index (χ0) is 26.1. The summed E-state index contributed by atoms with van der Waals surface area (Å²) >= 11 is 0. The first-order valence-corrected chi connectivity index (χ1v) is 11.7. The molecule has 4 N–H and O–H groups in total. The van der Waals surface area contributed by atoms with Crippen molar-refractivity contribution in [1.82, 2.24) is 20.3 Å². The van der Waals surface area contributed by atoms with Crippen molar-refractivity contribution in [2.24, 2.45) is 0 Å². The van der Waals surface area contributed by atoms with E-state index in [1.807, 2.05) is 0 Å². The Bertz CT molecular complexity index is 1190. The van der Waals surface area contributed by atoms with E-state index in [1.165, 1.54) is 30.5 Å². The summed E-state index contributed by atoms with van der Waals surface area (Å²) in [6.07, 6.45) is 4.01. The molecule has 0 saturated carbocycles. The number of carboxylic acid groups (broad SMARTS) is 1. The molecular weight excluding hydrogens is 467 g/mol. The highest BCUT2D eigenvalue weighted by Gasteiger charge is 2.22. The Morgan fingerprint density at radius 1 is 1.06 bits per heavy atom. The van der Waals surface area contributed by atoms with Gasteiger partial charge in [0.15, 0.2) is 0 Å². The number of imidazole rings is 1. The molecule has 36 heavy (non-hydrogen) atoms. The number of hydroxylamine groups is 1. The molecule has 1 heterocycles. The van der Waals surface area contributed by atoms with Crippen LogP contribution in [-0.4, -0.2) is 43.7 Å². The first-order valence-electron chi connectivity index (χ1n) is 11.7. The molecule has 3 rings (SSSR count). The maximum absolute atomic E-state index is 13.3. The number of aryl methyl sites for hydroxylation is 1. The van der Waals surface area contributed by atoms with E-state index in [0.717, 1.165) is 18.4 Å². The number of hydrogen-bond donors (Lipinski definition) is 4. The van der Waals surface area contributed by atoms with Crippen LogP contribution in [0.4, 0.5) is 4.39 Å². The van der Waals surface area contributed by atoms with E-state index in [0.29, 0.717) is 24.4 Å². The Balaban J connectivity index is 1.85. The van der Waals surface area contributed by atoms with Crippen molar-refractivity contribution in [3.8, 4) is 0 Å². The summed E-state index contributed by atoms with van der Waals surface area (Å²) in [5.74, 6) is -1.82. The van der Waals surface area contributed by atoms with Crippen LogP contribution in [-0.2, 0) is 24.2 Å². The third-order valence-electron chi connectivity index (χ3n) is 5.75. The number of unbranched alkanes of at least 4 members (excludes halogenated alkanes) is 1. The van der Waals surface area contributed by atoms with Gasteiger partial charge in [-0.2, -0.15) is 0 Å². The molecule has 9 nitrogen and oxygen atoms in total. The average molecular weight is 497 g/mol. The monoisotopic (exact) mass is 496 g/mol. The maximum Gasteiger partial charge on any atom is 0.335 e. The highest BCUT2D eigenvalue weighted by Crippen LogP contribution is 2.15. The molecule has 0 spiro atoms. The van der Waals surface area contributed by atoms with E-state index in [-0.39, 0.29) is 24.1 Å². The maximum atomic E-state index is 13.3. The number of amides is 2. The number of carbonyl (C=O) groups excluding carboxylic acids is 2. The highest BCUT2D eigenvalue weighted by atomic mass is 19.1. The SMILES string of the molecule is CCCCc1ncc(C(=O)NC(CC(=O)NO)Cc2ccc(F)cc2)n1Cc1ccc(C(=O)O)cc1. The molecular formula is C26H29FN4O5. The van der Waals surface area contributed by atoms with Crippen molar-refractivity contribution in [3.63, 3.8) is 0 Å². The Labute approximate surface area is 207 Å². The van der Waals surface area contributed by atoms with Crippen molar-refractivity contribution < 1.29 is 29.1 Å². The minimum atomic E-state index is -1.02. The van der Waals surface area contributed by atoms with Crippen LogP contribution in [0.1, 0.15) is 64.0 Å². The van der Waals surface area contributed by atoms with Crippen LogP contribution in [0.5, 0.6) is 0 Å². The van der Waals surface area contributed by atoms with E-state index in [1.54, 1.807) is 34.3 Å². The smallest absolute Gasteiger partial charge is 0.335 e. The normalized spacial score (nSPS) is 11.6. The molecule has 1 aromatic heterocycles. The largest absolute Gasteiger partial charge is 0.478 e. The summed E-state index contributed by atoms with van der Waals surface area (Å²) in [4.78, 5) is 40.8.